The molecule has 0 radical (unpaired) electrons. The molecule has 0 spiro atoms. The predicted octanol–water partition coefficient (Wildman–Crippen LogP) is 3.36. The molecule has 0 heterocycles. The van der Waals surface area contributed by atoms with Crippen molar-refractivity contribution in [2.45, 2.75) is 32.8 Å². The van der Waals surface area contributed by atoms with E-state index in [-0.39, 0.29) is 16.5 Å². The average Bonchev–Trinajstić information content (AvgIpc) is 2.40. The van der Waals surface area contributed by atoms with E-state index in [1.807, 2.05) is 13.8 Å². The number of aliphatic hydroxyl groups is 1. The molecule has 0 aliphatic heterocycles. The smallest absolute Gasteiger partial charge is 0.143 e. The molecule has 0 aliphatic rings. The molecule has 0 amide bonds. The second kappa shape index (κ2) is 7.92. The summed E-state index contributed by atoms with van der Waals surface area (Å²) in [4.78, 5) is 2.16. The Kier molecular flexibility index (Phi) is 6.89. The van der Waals surface area contributed by atoms with Gasteiger partial charge in [-0.15, -0.1) is 0 Å². The van der Waals surface area contributed by atoms with Crippen LogP contribution in [0, 0.1) is 11.6 Å². The first-order chi connectivity index (χ1) is 8.99. The standard InChI is InChI=1S/C14H20BrF2NO/c1-3-18(4-2)8-7-10(19)9-11-13(16)6-5-12(15)14(11)17/h5-6,10,19H,3-4,7-9H2,1-2H3. The third-order valence-electron chi connectivity index (χ3n) is 3.25. The van der Waals surface area contributed by atoms with Crippen LogP contribution in [-0.4, -0.2) is 35.7 Å². The Balaban J connectivity index is 2.62. The topological polar surface area (TPSA) is 23.5 Å². The summed E-state index contributed by atoms with van der Waals surface area (Å²) >= 11 is 3.02. The van der Waals surface area contributed by atoms with Crippen LogP contribution in [0.1, 0.15) is 25.8 Å². The first kappa shape index (κ1) is 16.5. The predicted molar refractivity (Wildman–Crippen MR) is 76.2 cm³/mol. The lowest BCUT2D eigenvalue weighted by Crippen LogP contribution is -2.27. The van der Waals surface area contributed by atoms with E-state index >= 15 is 0 Å². The molecule has 1 N–H and O–H groups in total. The minimum Gasteiger partial charge on any atom is -0.393 e. The van der Waals surface area contributed by atoms with Crippen LogP contribution in [-0.2, 0) is 6.42 Å². The summed E-state index contributed by atoms with van der Waals surface area (Å²) in [6, 6.07) is 2.54. The minimum atomic E-state index is -0.737. The molecule has 0 saturated heterocycles. The summed E-state index contributed by atoms with van der Waals surface area (Å²) in [5, 5.41) is 9.91. The van der Waals surface area contributed by atoms with Gasteiger partial charge < -0.3 is 10.0 Å². The summed E-state index contributed by atoms with van der Waals surface area (Å²) in [6.07, 6.45) is -0.232. The zero-order chi connectivity index (χ0) is 14.4. The van der Waals surface area contributed by atoms with Crippen molar-refractivity contribution in [3.8, 4) is 0 Å². The zero-order valence-electron chi connectivity index (χ0n) is 11.3. The van der Waals surface area contributed by atoms with Gasteiger partial charge in [-0.25, -0.2) is 8.78 Å². The molecule has 0 aromatic heterocycles. The molecule has 1 unspecified atom stereocenters. The Morgan fingerprint density at radius 1 is 1.26 bits per heavy atom. The van der Waals surface area contributed by atoms with E-state index < -0.39 is 17.7 Å². The van der Waals surface area contributed by atoms with E-state index in [4.69, 9.17) is 0 Å². The number of halogens is 3. The maximum Gasteiger partial charge on any atom is 0.143 e. The monoisotopic (exact) mass is 335 g/mol. The molecule has 5 heteroatoms. The van der Waals surface area contributed by atoms with Crippen LogP contribution in [0.15, 0.2) is 16.6 Å². The van der Waals surface area contributed by atoms with E-state index in [1.165, 1.54) is 12.1 Å². The van der Waals surface area contributed by atoms with Crippen LogP contribution in [0.3, 0.4) is 0 Å². The van der Waals surface area contributed by atoms with Gasteiger partial charge in [0.15, 0.2) is 0 Å². The molecule has 108 valence electrons. The fraction of sp³-hybridized carbons (Fsp3) is 0.571. The van der Waals surface area contributed by atoms with Gasteiger partial charge in [-0.3, -0.25) is 0 Å². The Morgan fingerprint density at radius 3 is 2.47 bits per heavy atom. The van der Waals surface area contributed by atoms with Crippen LogP contribution >= 0.6 is 15.9 Å². The highest BCUT2D eigenvalue weighted by Crippen LogP contribution is 2.23. The van der Waals surface area contributed by atoms with Gasteiger partial charge in [-0.2, -0.15) is 0 Å². The molecule has 0 fully saturated rings. The first-order valence-electron chi connectivity index (χ1n) is 6.52. The summed E-state index contributed by atoms with van der Waals surface area (Å²) in [6.45, 7) is 6.63. The van der Waals surface area contributed by atoms with E-state index in [1.54, 1.807) is 0 Å². The molecule has 1 aromatic carbocycles. The highest BCUT2D eigenvalue weighted by Gasteiger charge is 2.16. The minimum absolute atomic E-state index is 0.00161. The van der Waals surface area contributed by atoms with Crippen molar-refractivity contribution >= 4 is 15.9 Å². The number of aliphatic hydroxyl groups excluding tert-OH is 1. The Bertz CT molecular complexity index is 411. The normalized spacial score (nSPS) is 13.0. The van der Waals surface area contributed by atoms with Crippen molar-refractivity contribution in [2.24, 2.45) is 0 Å². The molecular formula is C14H20BrF2NO. The Hall–Kier alpha value is -0.520. The van der Waals surface area contributed by atoms with Crippen LogP contribution in [0.25, 0.3) is 0 Å². The average molecular weight is 336 g/mol. The lowest BCUT2D eigenvalue weighted by Gasteiger charge is -2.20. The van der Waals surface area contributed by atoms with Crippen LogP contribution in [0.5, 0.6) is 0 Å². The Morgan fingerprint density at radius 2 is 1.89 bits per heavy atom. The van der Waals surface area contributed by atoms with E-state index in [0.717, 1.165) is 19.6 Å². The van der Waals surface area contributed by atoms with Crippen molar-refractivity contribution in [1.29, 1.82) is 0 Å². The highest BCUT2D eigenvalue weighted by molar-refractivity contribution is 9.10. The number of nitrogens with zero attached hydrogens (tertiary/aromatic N) is 1. The van der Waals surface area contributed by atoms with E-state index in [2.05, 4.69) is 20.8 Å². The van der Waals surface area contributed by atoms with Gasteiger partial charge in [0.1, 0.15) is 11.6 Å². The molecular weight excluding hydrogens is 316 g/mol. The lowest BCUT2D eigenvalue weighted by molar-refractivity contribution is 0.141. The van der Waals surface area contributed by atoms with Gasteiger partial charge in [-0.05, 0) is 47.6 Å². The van der Waals surface area contributed by atoms with Crippen molar-refractivity contribution < 1.29 is 13.9 Å². The molecule has 19 heavy (non-hydrogen) atoms. The highest BCUT2D eigenvalue weighted by atomic mass is 79.9. The quantitative estimate of drug-likeness (QED) is 0.772. The van der Waals surface area contributed by atoms with Crippen molar-refractivity contribution in [3.63, 3.8) is 0 Å². The number of benzene rings is 1. The summed E-state index contributed by atoms with van der Waals surface area (Å²) in [7, 11) is 0. The molecule has 1 rings (SSSR count). The van der Waals surface area contributed by atoms with Crippen LogP contribution < -0.4 is 0 Å². The molecule has 0 aliphatic carbocycles. The maximum absolute atomic E-state index is 13.7. The lowest BCUT2D eigenvalue weighted by atomic mass is 10.0. The van der Waals surface area contributed by atoms with Crippen LogP contribution in [0.2, 0.25) is 0 Å². The molecule has 1 aromatic rings. The Labute approximate surface area is 121 Å². The third-order valence-corrected chi connectivity index (χ3v) is 3.86. The number of hydrogen-bond donors (Lipinski definition) is 1. The fourth-order valence-corrected chi connectivity index (χ4v) is 2.34. The first-order valence-corrected chi connectivity index (χ1v) is 7.31. The summed E-state index contributed by atoms with van der Waals surface area (Å²) in [5.74, 6) is -1.23. The SMILES string of the molecule is CCN(CC)CCC(O)Cc1c(F)ccc(Br)c1F. The van der Waals surface area contributed by atoms with Gasteiger partial charge in [0, 0.05) is 18.5 Å². The van der Waals surface area contributed by atoms with E-state index in [0.29, 0.717) is 6.42 Å². The second-order valence-electron chi connectivity index (χ2n) is 4.50. The van der Waals surface area contributed by atoms with Crippen molar-refractivity contribution in [2.75, 3.05) is 19.6 Å². The number of rotatable bonds is 7. The maximum atomic E-state index is 13.7. The van der Waals surface area contributed by atoms with Crippen LogP contribution in [0.4, 0.5) is 8.78 Å². The number of hydrogen-bond acceptors (Lipinski definition) is 2. The van der Waals surface area contributed by atoms with Gasteiger partial charge in [0.2, 0.25) is 0 Å². The van der Waals surface area contributed by atoms with Gasteiger partial charge in [0.05, 0.1) is 10.6 Å². The molecule has 1 atom stereocenters. The van der Waals surface area contributed by atoms with Gasteiger partial charge in [-0.1, -0.05) is 13.8 Å². The molecule has 0 saturated carbocycles. The van der Waals surface area contributed by atoms with E-state index in [9.17, 15) is 13.9 Å². The zero-order valence-corrected chi connectivity index (χ0v) is 12.9. The summed E-state index contributed by atoms with van der Waals surface area (Å²) in [5.41, 5.74) is -0.0542. The third kappa shape index (κ3) is 4.82. The van der Waals surface area contributed by atoms with Crippen molar-refractivity contribution in [3.05, 3.63) is 33.8 Å². The van der Waals surface area contributed by atoms with Gasteiger partial charge in [0.25, 0.3) is 0 Å². The van der Waals surface area contributed by atoms with Crippen molar-refractivity contribution in [1.82, 2.24) is 4.90 Å². The largest absolute Gasteiger partial charge is 0.393 e. The molecule has 0 bridgehead atoms. The second-order valence-corrected chi connectivity index (χ2v) is 5.35. The molecule has 2 nitrogen and oxygen atoms in total. The summed E-state index contributed by atoms with van der Waals surface area (Å²) < 4.78 is 27.5. The van der Waals surface area contributed by atoms with Gasteiger partial charge >= 0.3 is 0 Å². The fourth-order valence-electron chi connectivity index (χ4n) is 1.97.